The SMILES string of the molecule is CNCCN(C)C(=O)C(C)Sc1ccc(NC(C)=O)cc1. The van der Waals surface area contributed by atoms with E-state index >= 15 is 0 Å². The Morgan fingerprint density at radius 1 is 1.29 bits per heavy atom. The average Bonchev–Trinajstić information content (AvgIpc) is 2.45. The molecule has 0 spiro atoms. The molecule has 1 atom stereocenters. The molecule has 0 aliphatic carbocycles. The first kappa shape index (κ1) is 17.5. The number of hydrogen-bond acceptors (Lipinski definition) is 4. The fourth-order valence-electron chi connectivity index (χ4n) is 1.77. The van der Waals surface area contributed by atoms with Crippen LogP contribution in [0.5, 0.6) is 0 Å². The number of thioether (sulfide) groups is 1. The summed E-state index contributed by atoms with van der Waals surface area (Å²) in [5.41, 5.74) is 0.761. The number of anilines is 1. The van der Waals surface area contributed by atoms with Crippen LogP contribution in [0.4, 0.5) is 5.69 Å². The van der Waals surface area contributed by atoms with Crippen LogP contribution in [-0.4, -0.2) is 49.1 Å². The van der Waals surface area contributed by atoms with Crippen LogP contribution in [0.2, 0.25) is 0 Å². The van der Waals surface area contributed by atoms with Crippen molar-refractivity contribution >= 4 is 29.3 Å². The second-order valence-electron chi connectivity index (χ2n) is 4.83. The summed E-state index contributed by atoms with van der Waals surface area (Å²) in [4.78, 5) is 25.9. The van der Waals surface area contributed by atoms with E-state index in [0.717, 1.165) is 17.1 Å². The van der Waals surface area contributed by atoms with Crippen molar-refractivity contribution < 1.29 is 9.59 Å². The Labute approximate surface area is 130 Å². The lowest BCUT2D eigenvalue weighted by molar-refractivity contribution is -0.129. The first-order valence-corrected chi connectivity index (χ1v) is 7.76. The summed E-state index contributed by atoms with van der Waals surface area (Å²) in [7, 11) is 3.68. The van der Waals surface area contributed by atoms with Crippen LogP contribution in [-0.2, 0) is 9.59 Å². The Balaban J connectivity index is 2.55. The predicted octanol–water partition coefficient (Wildman–Crippen LogP) is 1.80. The molecular weight excluding hydrogens is 286 g/mol. The largest absolute Gasteiger partial charge is 0.344 e. The molecule has 0 aliphatic heterocycles. The Hall–Kier alpha value is -1.53. The second kappa shape index (κ2) is 8.69. The van der Waals surface area contributed by atoms with Crippen LogP contribution >= 0.6 is 11.8 Å². The molecule has 21 heavy (non-hydrogen) atoms. The Bertz CT molecular complexity index is 476. The second-order valence-corrected chi connectivity index (χ2v) is 6.24. The van der Waals surface area contributed by atoms with Crippen molar-refractivity contribution in [2.75, 3.05) is 32.5 Å². The van der Waals surface area contributed by atoms with E-state index in [2.05, 4.69) is 10.6 Å². The maximum absolute atomic E-state index is 12.2. The molecule has 0 saturated heterocycles. The van der Waals surface area contributed by atoms with Gasteiger partial charge in [0.2, 0.25) is 11.8 Å². The number of nitrogens with zero attached hydrogens (tertiary/aromatic N) is 1. The zero-order valence-corrected chi connectivity index (χ0v) is 13.8. The van der Waals surface area contributed by atoms with Crippen LogP contribution in [0.15, 0.2) is 29.2 Å². The van der Waals surface area contributed by atoms with Gasteiger partial charge in [0.05, 0.1) is 5.25 Å². The number of nitrogens with one attached hydrogen (secondary N) is 2. The molecule has 0 fully saturated rings. The predicted molar refractivity (Wildman–Crippen MR) is 87.6 cm³/mol. The van der Waals surface area contributed by atoms with Crippen LogP contribution in [0, 0.1) is 0 Å². The third-order valence-electron chi connectivity index (χ3n) is 2.91. The molecule has 0 heterocycles. The summed E-state index contributed by atoms with van der Waals surface area (Å²) in [6.45, 7) is 4.86. The molecule has 2 amide bonds. The quantitative estimate of drug-likeness (QED) is 0.754. The lowest BCUT2D eigenvalue weighted by atomic mass is 10.3. The lowest BCUT2D eigenvalue weighted by Crippen LogP contribution is -2.37. The van der Waals surface area contributed by atoms with Gasteiger partial charge in [-0.3, -0.25) is 9.59 Å². The summed E-state index contributed by atoms with van der Waals surface area (Å²) in [6, 6.07) is 7.50. The summed E-state index contributed by atoms with van der Waals surface area (Å²) in [5.74, 6) is 0.0197. The highest BCUT2D eigenvalue weighted by Gasteiger charge is 2.18. The number of amides is 2. The fraction of sp³-hybridized carbons (Fsp3) is 0.467. The first-order chi connectivity index (χ1) is 9.93. The third kappa shape index (κ3) is 6.18. The highest BCUT2D eigenvalue weighted by atomic mass is 32.2. The van der Waals surface area contributed by atoms with Crippen LogP contribution in [0.25, 0.3) is 0 Å². The molecule has 0 bridgehead atoms. The molecule has 1 aromatic rings. The average molecular weight is 309 g/mol. The van der Waals surface area contributed by atoms with E-state index in [4.69, 9.17) is 0 Å². The smallest absolute Gasteiger partial charge is 0.235 e. The van der Waals surface area contributed by atoms with E-state index < -0.39 is 0 Å². The first-order valence-electron chi connectivity index (χ1n) is 6.88. The van der Waals surface area contributed by atoms with E-state index in [9.17, 15) is 9.59 Å². The molecule has 5 nitrogen and oxygen atoms in total. The van der Waals surface area contributed by atoms with Crippen LogP contribution in [0.1, 0.15) is 13.8 Å². The molecule has 0 aliphatic rings. The normalized spacial score (nSPS) is 11.8. The summed E-state index contributed by atoms with van der Waals surface area (Å²) in [6.07, 6.45) is 0. The van der Waals surface area contributed by atoms with Gasteiger partial charge in [0, 0.05) is 37.6 Å². The standard InChI is InChI=1S/C15H23N3O2S/c1-11(15(20)18(4)10-9-16-3)21-14-7-5-13(6-8-14)17-12(2)19/h5-8,11,16H,9-10H2,1-4H3,(H,17,19). The third-order valence-corrected chi connectivity index (χ3v) is 4.01. The van der Waals surface area contributed by atoms with Gasteiger partial charge in [-0.05, 0) is 38.2 Å². The number of likely N-dealkylation sites (N-methyl/N-ethyl adjacent to an activating group) is 2. The van der Waals surface area contributed by atoms with Crippen molar-refractivity contribution in [2.24, 2.45) is 0 Å². The maximum Gasteiger partial charge on any atom is 0.235 e. The molecule has 6 heteroatoms. The fourth-order valence-corrected chi connectivity index (χ4v) is 2.76. The monoisotopic (exact) mass is 309 g/mol. The van der Waals surface area contributed by atoms with E-state index in [0.29, 0.717) is 6.54 Å². The molecule has 116 valence electrons. The van der Waals surface area contributed by atoms with Gasteiger partial charge in [-0.15, -0.1) is 11.8 Å². The molecule has 1 unspecified atom stereocenters. The topological polar surface area (TPSA) is 61.4 Å². The van der Waals surface area contributed by atoms with Gasteiger partial charge in [-0.25, -0.2) is 0 Å². The van der Waals surface area contributed by atoms with Crippen molar-refractivity contribution in [3.05, 3.63) is 24.3 Å². The molecule has 2 N–H and O–H groups in total. The van der Waals surface area contributed by atoms with E-state index in [-0.39, 0.29) is 17.1 Å². The van der Waals surface area contributed by atoms with Gasteiger partial charge in [0.15, 0.2) is 0 Å². The Morgan fingerprint density at radius 3 is 2.43 bits per heavy atom. The molecule has 1 rings (SSSR count). The minimum absolute atomic E-state index is 0.0925. The van der Waals surface area contributed by atoms with Crippen molar-refractivity contribution in [2.45, 2.75) is 24.0 Å². The Kier molecular flexibility index (Phi) is 7.25. The molecule has 0 radical (unpaired) electrons. The summed E-state index contributed by atoms with van der Waals surface area (Å²) in [5, 5.41) is 5.61. The van der Waals surface area contributed by atoms with Crippen molar-refractivity contribution in [3.63, 3.8) is 0 Å². The van der Waals surface area contributed by atoms with Crippen molar-refractivity contribution in [3.8, 4) is 0 Å². The van der Waals surface area contributed by atoms with Crippen LogP contribution in [0.3, 0.4) is 0 Å². The lowest BCUT2D eigenvalue weighted by Gasteiger charge is -2.21. The Morgan fingerprint density at radius 2 is 1.90 bits per heavy atom. The van der Waals surface area contributed by atoms with Gasteiger partial charge in [-0.2, -0.15) is 0 Å². The van der Waals surface area contributed by atoms with E-state index in [1.54, 1.807) is 4.90 Å². The minimum Gasteiger partial charge on any atom is -0.344 e. The summed E-state index contributed by atoms with van der Waals surface area (Å²) >= 11 is 1.52. The summed E-state index contributed by atoms with van der Waals surface area (Å²) < 4.78 is 0. The number of benzene rings is 1. The number of hydrogen-bond donors (Lipinski definition) is 2. The zero-order chi connectivity index (χ0) is 15.8. The van der Waals surface area contributed by atoms with Gasteiger partial charge in [0.1, 0.15) is 0 Å². The molecule has 0 aromatic heterocycles. The van der Waals surface area contributed by atoms with E-state index in [1.165, 1.54) is 18.7 Å². The molecule has 0 saturated carbocycles. The zero-order valence-electron chi connectivity index (χ0n) is 13.0. The molecular formula is C15H23N3O2S. The van der Waals surface area contributed by atoms with Gasteiger partial charge in [0.25, 0.3) is 0 Å². The maximum atomic E-state index is 12.2. The van der Waals surface area contributed by atoms with Gasteiger partial charge >= 0.3 is 0 Å². The number of carbonyl (C=O) groups excluding carboxylic acids is 2. The highest BCUT2D eigenvalue weighted by molar-refractivity contribution is 8.00. The minimum atomic E-state index is -0.140. The van der Waals surface area contributed by atoms with Gasteiger partial charge < -0.3 is 15.5 Å². The highest BCUT2D eigenvalue weighted by Crippen LogP contribution is 2.25. The number of rotatable bonds is 7. The van der Waals surface area contributed by atoms with Crippen molar-refractivity contribution in [1.29, 1.82) is 0 Å². The number of carbonyl (C=O) groups is 2. The molecule has 1 aromatic carbocycles. The van der Waals surface area contributed by atoms with Crippen molar-refractivity contribution in [1.82, 2.24) is 10.2 Å². The van der Waals surface area contributed by atoms with Crippen LogP contribution < -0.4 is 10.6 Å². The van der Waals surface area contributed by atoms with Gasteiger partial charge in [-0.1, -0.05) is 0 Å². The van der Waals surface area contributed by atoms with E-state index in [1.807, 2.05) is 45.3 Å².